The Morgan fingerprint density at radius 1 is 1.25 bits per heavy atom. The summed E-state index contributed by atoms with van der Waals surface area (Å²) in [5.41, 5.74) is 5.09. The molecule has 86 valence electrons. The lowest BCUT2D eigenvalue weighted by molar-refractivity contribution is -0.142. The molecule has 1 rings (SSSR count). The summed E-state index contributed by atoms with van der Waals surface area (Å²) in [5.74, 6) is -2.10. The Balaban J connectivity index is 2.84. The fraction of sp³-hybridized carbons (Fsp3) is 0.273. The summed E-state index contributed by atoms with van der Waals surface area (Å²) in [6.45, 7) is 1.42. The molecule has 0 aromatic heterocycles. The number of rotatable bonds is 4. The molecule has 0 amide bonds. The summed E-state index contributed by atoms with van der Waals surface area (Å²) in [6.07, 6.45) is 0.155. The topological polar surface area (TPSA) is 101 Å². The van der Waals surface area contributed by atoms with Crippen molar-refractivity contribution in [2.45, 2.75) is 18.9 Å². The van der Waals surface area contributed by atoms with E-state index < -0.39 is 17.5 Å². The first-order valence-corrected chi connectivity index (χ1v) is 4.67. The van der Waals surface area contributed by atoms with E-state index in [9.17, 15) is 9.59 Å². The largest absolute Gasteiger partial charge is 0.480 e. The van der Waals surface area contributed by atoms with E-state index in [-0.39, 0.29) is 12.0 Å². The van der Waals surface area contributed by atoms with Gasteiger partial charge in [-0.15, -0.1) is 0 Å². The maximum absolute atomic E-state index is 10.8. The SMILES string of the molecule is CC(N)(Cc1ccc(C(=O)O)cc1)C(=O)O. The van der Waals surface area contributed by atoms with Gasteiger partial charge in [0.25, 0.3) is 0 Å². The molecule has 0 heterocycles. The van der Waals surface area contributed by atoms with Crippen LogP contribution in [0.2, 0.25) is 0 Å². The second-order valence-electron chi connectivity index (χ2n) is 3.90. The Morgan fingerprint density at radius 3 is 2.12 bits per heavy atom. The van der Waals surface area contributed by atoms with Crippen LogP contribution < -0.4 is 5.73 Å². The number of nitrogens with two attached hydrogens (primary N) is 1. The van der Waals surface area contributed by atoms with E-state index in [4.69, 9.17) is 15.9 Å². The van der Waals surface area contributed by atoms with Crippen LogP contribution in [0.4, 0.5) is 0 Å². The monoisotopic (exact) mass is 223 g/mol. The lowest BCUT2D eigenvalue weighted by Gasteiger charge is -2.18. The average molecular weight is 223 g/mol. The van der Waals surface area contributed by atoms with Gasteiger partial charge in [0.2, 0.25) is 0 Å². The van der Waals surface area contributed by atoms with Gasteiger partial charge in [0, 0.05) is 6.42 Å². The van der Waals surface area contributed by atoms with Crippen LogP contribution in [0.3, 0.4) is 0 Å². The Hall–Kier alpha value is -1.88. The average Bonchev–Trinajstić information content (AvgIpc) is 2.17. The highest BCUT2D eigenvalue weighted by Crippen LogP contribution is 2.12. The highest BCUT2D eigenvalue weighted by Gasteiger charge is 2.27. The van der Waals surface area contributed by atoms with E-state index in [1.54, 1.807) is 12.1 Å². The molecular weight excluding hydrogens is 210 g/mol. The maximum atomic E-state index is 10.8. The second kappa shape index (κ2) is 4.32. The summed E-state index contributed by atoms with van der Waals surface area (Å²) in [5, 5.41) is 17.5. The number of carboxylic acid groups (broad SMARTS) is 2. The number of hydrogen-bond donors (Lipinski definition) is 3. The Morgan fingerprint density at radius 2 is 1.75 bits per heavy atom. The molecule has 16 heavy (non-hydrogen) atoms. The number of aromatic carboxylic acids is 1. The fourth-order valence-corrected chi connectivity index (χ4v) is 1.26. The molecule has 0 aliphatic rings. The number of aliphatic carboxylic acids is 1. The Labute approximate surface area is 92.5 Å². The minimum atomic E-state index is -1.34. The van der Waals surface area contributed by atoms with Crippen LogP contribution >= 0.6 is 0 Å². The minimum Gasteiger partial charge on any atom is -0.480 e. The van der Waals surface area contributed by atoms with Gasteiger partial charge >= 0.3 is 11.9 Å². The third-order valence-corrected chi connectivity index (χ3v) is 2.26. The molecule has 0 saturated carbocycles. The molecule has 0 spiro atoms. The lowest BCUT2D eigenvalue weighted by atomic mass is 9.94. The first-order chi connectivity index (χ1) is 7.33. The number of benzene rings is 1. The van der Waals surface area contributed by atoms with Gasteiger partial charge in [0.1, 0.15) is 5.54 Å². The van der Waals surface area contributed by atoms with E-state index in [1.165, 1.54) is 19.1 Å². The third-order valence-electron chi connectivity index (χ3n) is 2.26. The smallest absolute Gasteiger partial charge is 0.335 e. The van der Waals surface area contributed by atoms with Crippen LogP contribution in [0.1, 0.15) is 22.8 Å². The Kier molecular flexibility index (Phi) is 3.29. The molecule has 0 aliphatic carbocycles. The minimum absolute atomic E-state index is 0.155. The molecule has 1 unspecified atom stereocenters. The first kappa shape index (κ1) is 12.2. The molecule has 5 nitrogen and oxygen atoms in total. The summed E-state index contributed by atoms with van der Waals surface area (Å²) in [6, 6.07) is 5.99. The van der Waals surface area contributed by atoms with Crippen LogP contribution in [0.5, 0.6) is 0 Å². The molecule has 4 N–H and O–H groups in total. The van der Waals surface area contributed by atoms with E-state index in [0.717, 1.165) is 0 Å². The standard InChI is InChI=1S/C11H13NO4/c1-11(12,10(15)16)6-7-2-4-8(5-3-7)9(13)14/h2-5H,6,12H2,1H3,(H,13,14)(H,15,16). The van der Waals surface area contributed by atoms with E-state index >= 15 is 0 Å². The van der Waals surface area contributed by atoms with Crippen LogP contribution in [0.25, 0.3) is 0 Å². The van der Waals surface area contributed by atoms with Gasteiger partial charge in [0.15, 0.2) is 0 Å². The molecule has 1 atom stereocenters. The van der Waals surface area contributed by atoms with Gasteiger partial charge < -0.3 is 15.9 Å². The van der Waals surface area contributed by atoms with Crippen LogP contribution in [0, 0.1) is 0 Å². The zero-order valence-corrected chi connectivity index (χ0v) is 8.80. The molecular formula is C11H13NO4. The van der Waals surface area contributed by atoms with Gasteiger partial charge in [0.05, 0.1) is 5.56 Å². The lowest BCUT2D eigenvalue weighted by Crippen LogP contribution is -2.46. The molecule has 1 aromatic carbocycles. The zero-order valence-electron chi connectivity index (χ0n) is 8.80. The van der Waals surface area contributed by atoms with Crippen molar-refractivity contribution in [1.82, 2.24) is 0 Å². The van der Waals surface area contributed by atoms with Gasteiger partial charge in [-0.1, -0.05) is 12.1 Å². The predicted octanol–water partition coefficient (Wildman–Crippen LogP) is 0.729. The molecule has 0 aliphatic heterocycles. The normalized spacial score (nSPS) is 14.1. The molecule has 5 heteroatoms. The van der Waals surface area contributed by atoms with Crippen molar-refractivity contribution in [3.63, 3.8) is 0 Å². The third kappa shape index (κ3) is 2.80. The maximum Gasteiger partial charge on any atom is 0.335 e. The number of carboxylic acids is 2. The van der Waals surface area contributed by atoms with E-state index in [0.29, 0.717) is 5.56 Å². The van der Waals surface area contributed by atoms with Crippen molar-refractivity contribution < 1.29 is 19.8 Å². The number of hydrogen-bond acceptors (Lipinski definition) is 3. The summed E-state index contributed by atoms with van der Waals surface area (Å²) in [4.78, 5) is 21.4. The first-order valence-electron chi connectivity index (χ1n) is 4.67. The van der Waals surface area contributed by atoms with Crippen molar-refractivity contribution in [3.8, 4) is 0 Å². The summed E-state index contributed by atoms with van der Waals surface area (Å²) < 4.78 is 0. The van der Waals surface area contributed by atoms with Crippen molar-refractivity contribution >= 4 is 11.9 Å². The predicted molar refractivity (Wildman–Crippen MR) is 57.3 cm³/mol. The fourth-order valence-electron chi connectivity index (χ4n) is 1.26. The van der Waals surface area contributed by atoms with Gasteiger partial charge in [-0.25, -0.2) is 4.79 Å². The quantitative estimate of drug-likeness (QED) is 0.698. The van der Waals surface area contributed by atoms with Crippen molar-refractivity contribution in [2.75, 3.05) is 0 Å². The van der Waals surface area contributed by atoms with Gasteiger partial charge in [-0.2, -0.15) is 0 Å². The van der Waals surface area contributed by atoms with Gasteiger partial charge in [-0.05, 0) is 24.6 Å². The summed E-state index contributed by atoms with van der Waals surface area (Å²) in [7, 11) is 0. The summed E-state index contributed by atoms with van der Waals surface area (Å²) >= 11 is 0. The van der Waals surface area contributed by atoms with Crippen molar-refractivity contribution in [3.05, 3.63) is 35.4 Å². The van der Waals surface area contributed by atoms with Crippen LogP contribution in [-0.2, 0) is 11.2 Å². The van der Waals surface area contributed by atoms with Gasteiger partial charge in [-0.3, -0.25) is 4.79 Å². The zero-order chi connectivity index (χ0) is 12.3. The van der Waals surface area contributed by atoms with Crippen LogP contribution in [-0.4, -0.2) is 27.7 Å². The molecule has 0 fully saturated rings. The Bertz CT molecular complexity index is 408. The highest BCUT2D eigenvalue weighted by molar-refractivity contribution is 5.87. The van der Waals surface area contributed by atoms with Crippen LogP contribution in [0.15, 0.2) is 24.3 Å². The molecule has 1 aromatic rings. The molecule has 0 saturated heterocycles. The van der Waals surface area contributed by atoms with E-state index in [2.05, 4.69) is 0 Å². The van der Waals surface area contributed by atoms with Crippen molar-refractivity contribution in [1.29, 1.82) is 0 Å². The van der Waals surface area contributed by atoms with Crippen molar-refractivity contribution in [2.24, 2.45) is 5.73 Å². The second-order valence-corrected chi connectivity index (χ2v) is 3.90. The molecule has 0 bridgehead atoms. The number of carbonyl (C=O) groups is 2. The highest BCUT2D eigenvalue weighted by atomic mass is 16.4. The molecule has 0 radical (unpaired) electrons. The van der Waals surface area contributed by atoms with E-state index in [1.807, 2.05) is 0 Å².